The van der Waals surface area contributed by atoms with Crippen molar-refractivity contribution in [1.82, 2.24) is 9.88 Å². The van der Waals surface area contributed by atoms with E-state index in [2.05, 4.69) is 4.98 Å². The highest BCUT2D eigenvalue weighted by Crippen LogP contribution is 2.21. The van der Waals surface area contributed by atoms with Crippen LogP contribution >= 0.6 is 24.8 Å². The van der Waals surface area contributed by atoms with Crippen LogP contribution in [0.4, 0.5) is 4.79 Å². The summed E-state index contributed by atoms with van der Waals surface area (Å²) < 4.78 is 10.8. The molecule has 1 atom stereocenters. The largest absolute Gasteiger partial charge is 0.444 e. The Morgan fingerprint density at radius 3 is 2.67 bits per heavy atom. The fraction of sp³-hybridized carbons (Fsp3) is 0.647. The molecule has 1 fully saturated rings. The number of halogens is 2. The molecular formula is C17H28Cl2N2O3. The van der Waals surface area contributed by atoms with Crippen molar-refractivity contribution in [3.05, 3.63) is 29.6 Å². The molecule has 0 spiro atoms. The minimum Gasteiger partial charge on any atom is -0.444 e. The molecule has 0 aromatic carbocycles. The van der Waals surface area contributed by atoms with Gasteiger partial charge in [-0.05, 0) is 56.7 Å². The average Bonchev–Trinajstić information content (AvgIpc) is 2.92. The number of hydrogen-bond donors (Lipinski definition) is 0. The second-order valence-corrected chi connectivity index (χ2v) is 6.91. The molecule has 1 unspecified atom stereocenters. The maximum atomic E-state index is 12.1. The Labute approximate surface area is 156 Å². The van der Waals surface area contributed by atoms with Gasteiger partial charge >= 0.3 is 6.09 Å². The molecule has 5 nitrogen and oxygen atoms in total. The van der Waals surface area contributed by atoms with Gasteiger partial charge in [0, 0.05) is 39.2 Å². The summed E-state index contributed by atoms with van der Waals surface area (Å²) in [5.74, 6) is 0.551. The Kier molecular flexibility index (Phi) is 9.63. The van der Waals surface area contributed by atoms with E-state index < -0.39 is 5.60 Å². The Balaban J connectivity index is 0.00000264. The van der Waals surface area contributed by atoms with Crippen LogP contribution in [-0.4, -0.2) is 41.8 Å². The standard InChI is InChI=1S/C17H26N2O3.2ClH/c1-17(2,3)22-16(20)19(4)11-14-5-7-18-10-15(14)9-13-6-8-21-12-13;;/h5,7,10,13H,6,8-9,11-12H2,1-4H3;2*1H. The van der Waals surface area contributed by atoms with Gasteiger partial charge in [-0.3, -0.25) is 4.98 Å². The quantitative estimate of drug-likeness (QED) is 0.797. The van der Waals surface area contributed by atoms with Crippen LogP contribution in [0.1, 0.15) is 38.3 Å². The molecule has 0 aliphatic carbocycles. The minimum atomic E-state index is -0.479. The van der Waals surface area contributed by atoms with Crippen LogP contribution in [0.5, 0.6) is 0 Å². The summed E-state index contributed by atoms with van der Waals surface area (Å²) >= 11 is 0. The Morgan fingerprint density at radius 2 is 2.08 bits per heavy atom. The normalized spacial score (nSPS) is 16.8. The van der Waals surface area contributed by atoms with Gasteiger partial charge in [0.05, 0.1) is 0 Å². The predicted molar refractivity (Wildman–Crippen MR) is 99.1 cm³/mol. The van der Waals surface area contributed by atoms with E-state index in [0.717, 1.165) is 31.6 Å². The average molecular weight is 379 g/mol. The molecule has 0 bridgehead atoms. The van der Waals surface area contributed by atoms with Gasteiger partial charge in [-0.25, -0.2) is 4.79 Å². The molecule has 1 aromatic rings. The SMILES string of the molecule is CN(Cc1ccncc1CC1CCOC1)C(=O)OC(C)(C)C.Cl.Cl. The first kappa shape index (κ1) is 23.0. The summed E-state index contributed by atoms with van der Waals surface area (Å²) in [7, 11) is 1.76. The van der Waals surface area contributed by atoms with E-state index in [4.69, 9.17) is 9.47 Å². The fourth-order valence-corrected chi connectivity index (χ4v) is 2.51. The number of nitrogens with zero attached hydrogens (tertiary/aromatic N) is 2. The number of carbonyl (C=O) groups excluding carboxylic acids is 1. The van der Waals surface area contributed by atoms with E-state index in [1.54, 1.807) is 18.1 Å². The smallest absolute Gasteiger partial charge is 0.410 e. The number of rotatable bonds is 4. The molecule has 1 aliphatic rings. The summed E-state index contributed by atoms with van der Waals surface area (Å²) in [6.45, 7) is 7.80. The van der Waals surface area contributed by atoms with Crippen LogP contribution < -0.4 is 0 Å². The highest BCUT2D eigenvalue weighted by atomic mass is 35.5. The summed E-state index contributed by atoms with van der Waals surface area (Å²) in [6.07, 6.45) is 5.41. The van der Waals surface area contributed by atoms with E-state index in [1.807, 2.05) is 33.0 Å². The highest BCUT2D eigenvalue weighted by Gasteiger charge is 2.21. The molecule has 24 heavy (non-hydrogen) atoms. The maximum Gasteiger partial charge on any atom is 0.410 e. The van der Waals surface area contributed by atoms with Crippen LogP contribution in [0, 0.1) is 5.92 Å². The number of carbonyl (C=O) groups is 1. The predicted octanol–water partition coefficient (Wildman–Crippen LogP) is 3.87. The van der Waals surface area contributed by atoms with Crippen LogP contribution in [0.15, 0.2) is 18.5 Å². The number of hydrogen-bond acceptors (Lipinski definition) is 4. The molecule has 0 N–H and O–H groups in total. The molecule has 1 saturated heterocycles. The van der Waals surface area contributed by atoms with Crippen molar-refractivity contribution in [1.29, 1.82) is 0 Å². The van der Waals surface area contributed by atoms with Crippen LogP contribution in [0.3, 0.4) is 0 Å². The molecular weight excluding hydrogens is 351 g/mol. The third-order valence-electron chi connectivity index (χ3n) is 3.65. The Bertz CT molecular complexity index is 515. The van der Waals surface area contributed by atoms with Gasteiger partial charge in [-0.15, -0.1) is 24.8 Å². The lowest BCUT2D eigenvalue weighted by atomic mass is 9.96. The van der Waals surface area contributed by atoms with E-state index in [0.29, 0.717) is 12.5 Å². The van der Waals surface area contributed by atoms with E-state index in [1.165, 1.54) is 5.56 Å². The van der Waals surface area contributed by atoms with Crippen molar-refractivity contribution in [2.45, 2.75) is 45.8 Å². The zero-order valence-electron chi connectivity index (χ0n) is 14.8. The van der Waals surface area contributed by atoms with Gasteiger partial charge in [-0.1, -0.05) is 0 Å². The summed E-state index contributed by atoms with van der Waals surface area (Å²) in [5.41, 5.74) is 1.83. The van der Waals surface area contributed by atoms with E-state index in [9.17, 15) is 4.79 Å². The van der Waals surface area contributed by atoms with Crippen molar-refractivity contribution in [2.75, 3.05) is 20.3 Å². The van der Waals surface area contributed by atoms with Gasteiger partial charge < -0.3 is 14.4 Å². The third kappa shape index (κ3) is 7.24. The number of ether oxygens (including phenoxy) is 2. The van der Waals surface area contributed by atoms with Gasteiger partial charge in [0.15, 0.2) is 0 Å². The van der Waals surface area contributed by atoms with Crippen molar-refractivity contribution in [3.8, 4) is 0 Å². The Hall–Kier alpha value is -1.04. The first-order valence-corrected chi connectivity index (χ1v) is 7.79. The van der Waals surface area contributed by atoms with Gasteiger partial charge in [-0.2, -0.15) is 0 Å². The summed E-state index contributed by atoms with van der Waals surface area (Å²) in [5, 5.41) is 0. The molecule has 7 heteroatoms. The molecule has 2 rings (SSSR count). The van der Waals surface area contributed by atoms with E-state index >= 15 is 0 Å². The topological polar surface area (TPSA) is 51.7 Å². The lowest BCUT2D eigenvalue weighted by Crippen LogP contribution is -2.34. The molecule has 2 heterocycles. The first-order chi connectivity index (χ1) is 10.3. The zero-order valence-corrected chi connectivity index (χ0v) is 16.4. The zero-order chi connectivity index (χ0) is 16.2. The minimum absolute atomic E-state index is 0. The number of pyridine rings is 1. The van der Waals surface area contributed by atoms with E-state index in [-0.39, 0.29) is 30.9 Å². The number of aromatic nitrogens is 1. The third-order valence-corrected chi connectivity index (χ3v) is 3.65. The highest BCUT2D eigenvalue weighted by molar-refractivity contribution is 5.85. The van der Waals surface area contributed by atoms with Gasteiger partial charge in [0.2, 0.25) is 0 Å². The first-order valence-electron chi connectivity index (χ1n) is 7.79. The van der Waals surface area contributed by atoms with Gasteiger partial charge in [0.25, 0.3) is 0 Å². The Morgan fingerprint density at radius 1 is 1.38 bits per heavy atom. The second-order valence-electron chi connectivity index (χ2n) is 6.91. The molecule has 1 aromatic heterocycles. The fourth-order valence-electron chi connectivity index (χ4n) is 2.51. The van der Waals surface area contributed by atoms with Crippen LogP contribution in [-0.2, 0) is 22.4 Å². The maximum absolute atomic E-state index is 12.1. The van der Waals surface area contributed by atoms with Crippen LogP contribution in [0.2, 0.25) is 0 Å². The molecule has 1 aliphatic heterocycles. The van der Waals surface area contributed by atoms with Gasteiger partial charge in [0.1, 0.15) is 5.60 Å². The van der Waals surface area contributed by atoms with Crippen molar-refractivity contribution in [3.63, 3.8) is 0 Å². The molecule has 1 amide bonds. The lowest BCUT2D eigenvalue weighted by molar-refractivity contribution is 0.0284. The molecule has 0 radical (unpaired) electrons. The lowest BCUT2D eigenvalue weighted by Gasteiger charge is -2.25. The monoisotopic (exact) mass is 378 g/mol. The molecule has 0 saturated carbocycles. The van der Waals surface area contributed by atoms with Crippen molar-refractivity contribution < 1.29 is 14.3 Å². The summed E-state index contributed by atoms with van der Waals surface area (Å²) in [4.78, 5) is 17.9. The van der Waals surface area contributed by atoms with Crippen LogP contribution in [0.25, 0.3) is 0 Å². The van der Waals surface area contributed by atoms with Crippen molar-refractivity contribution in [2.24, 2.45) is 5.92 Å². The van der Waals surface area contributed by atoms with Crippen molar-refractivity contribution >= 4 is 30.9 Å². The second kappa shape index (κ2) is 10.1. The summed E-state index contributed by atoms with van der Waals surface area (Å²) in [6, 6.07) is 1.98. The number of amides is 1. The molecule has 138 valence electrons.